The molecular weight excluding hydrogens is 430 g/mol. The molecule has 176 valence electrons. The molecule has 1 aliphatic carbocycles. The second-order valence-electron chi connectivity index (χ2n) is 9.54. The molecule has 0 atom stereocenters. The summed E-state index contributed by atoms with van der Waals surface area (Å²) in [6.07, 6.45) is 12.1. The summed E-state index contributed by atoms with van der Waals surface area (Å²) in [5, 5.41) is 12.2. The minimum atomic E-state index is -0.277. The smallest absolute Gasteiger partial charge is 0.260 e. The van der Waals surface area contributed by atoms with E-state index in [-0.39, 0.29) is 5.91 Å². The van der Waals surface area contributed by atoms with Crippen LogP contribution >= 0.6 is 0 Å². The van der Waals surface area contributed by atoms with Crippen LogP contribution in [0.25, 0.3) is 16.6 Å². The predicted octanol–water partition coefficient (Wildman–Crippen LogP) is 2.60. The van der Waals surface area contributed by atoms with Crippen molar-refractivity contribution in [3.05, 3.63) is 41.7 Å². The van der Waals surface area contributed by atoms with Gasteiger partial charge in [-0.25, -0.2) is 9.97 Å². The molecule has 0 unspecified atom stereocenters. The van der Waals surface area contributed by atoms with Crippen molar-refractivity contribution in [3.8, 4) is 0 Å². The largest absolute Gasteiger partial charge is 0.356 e. The molecular formula is C24H29N9O. The molecule has 2 fully saturated rings. The van der Waals surface area contributed by atoms with Crippen LogP contribution in [-0.4, -0.2) is 60.2 Å². The Labute approximate surface area is 197 Å². The van der Waals surface area contributed by atoms with Gasteiger partial charge in [-0.15, -0.1) is 0 Å². The molecule has 0 bridgehead atoms. The van der Waals surface area contributed by atoms with E-state index >= 15 is 0 Å². The number of fused-ring (bicyclic) bond motifs is 2. The highest BCUT2D eigenvalue weighted by Gasteiger charge is 2.28. The second-order valence-corrected chi connectivity index (χ2v) is 9.54. The van der Waals surface area contributed by atoms with Gasteiger partial charge in [0.05, 0.1) is 28.5 Å². The van der Waals surface area contributed by atoms with Crippen LogP contribution in [0, 0.1) is 13.8 Å². The number of nitrogens with zero attached hydrogens (tertiary/aromatic N) is 7. The topological polar surface area (TPSA) is 105 Å². The van der Waals surface area contributed by atoms with Crippen LogP contribution in [0.4, 0.5) is 11.6 Å². The number of piperidine rings is 1. The van der Waals surface area contributed by atoms with Crippen LogP contribution in [0.5, 0.6) is 0 Å². The monoisotopic (exact) mass is 459 g/mol. The predicted molar refractivity (Wildman–Crippen MR) is 130 cm³/mol. The van der Waals surface area contributed by atoms with E-state index in [1.807, 2.05) is 37.7 Å². The molecule has 10 nitrogen and oxygen atoms in total. The van der Waals surface area contributed by atoms with Crippen LogP contribution in [-0.2, 0) is 7.05 Å². The summed E-state index contributed by atoms with van der Waals surface area (Å²) in [5.74, 6) is 1.09. The number of hydrogen-bond donors (Lipinski definition) is 2. The number of carbonyl (C=O) groups is 1. The van der Waals surface area contributed by atoms with E-state index < -0.39 is 0 Å². The van der Waals surface area contributed by atoms with Crippen LogP contribution in [0.15, 0.2) is 24.8 Å². The molecule has 5 heterocycles. The fourth-order valence-electron chi connectivity index (χ4n) is 4.92. The number of hydrogen-bond acceptors (Lipinski definition) is 7. The Morgan fingerprint density at radius 2 is 1.79 bits per heavy atom. The van der Waals surface area contributed by atoms with Crippen molar-refractivity contribution in [2.75, 3.05) is 23.3 Å². The third-order valence-electron chi connectivity index (χ3n) is 6.70. The Hall–Kier alpha value is -3.53. The number of aryl methyl sites for hydroxylation is 3. The summed E-state index contributed by atoms with van der Waals surface area (Å²) >= 11 is 0. The van der Waals surface area contributed by atoms with Gasteiger partial charge >= 0.3 is 0 Å². The molecule has 6 rings (SSSR count). The number of carbonyl (C=O) groups excluding carboxylic acids is 1. The molecule has 0 spiro atoms. The molecule has 0 radical (unpaired) electrons. The number of amides is 1. The fraction of sp³-hybridized carbons (Fsp3) is 0.458. The Balaban J connectivity index is 1.26. The van der Waals surface area contributed by atoms with Crippen LogP contribution in [0.2, 0.25) is 0 Å². The normalized spacial score (nSPS) is 17.1. The van der Waals surface area contributed by atoms with E-state index in [0.717, 1.165) is 60.2 Å². The molecule has 4 aromatic rings. The molecule has 34 heavy (non-hydrogen) atoms. The van der Waals surface area contributed by atoms with E-state index in [0.29, 0.717) is 22.9 Å². The lowest BCUT2D eigenvalue weighted by Gasteiger charge is -2.33. The molecule has 1 saturated heterocycles. The van der Waals surface area contributed by atoms with E-state index in [9.17, 15) is 4.79 Å². The first kappa shape index (κ1) is 21.0. The van der Waals surface area contributed by atoms with Crippen molar-refractivity contribution in [2.24, 2.45) is 7.05 Å². The highest BCUT2D eigenvalue weighted by molar-refractivity contribution is 6.12. The summed E-state index contributed by atoms with van der Waals surface area (Å²) in [4.78, 5) is 29.2. The molecule has 10 heteroatoms. The lowest BCUT2D eigenvalue weighted by atomic mass is 10.0. The lowest BCUT2D eigenvalue weighted by Crippen LogP contribution is -2.43. The molecule has 2 N–H and O–H groups in total. The maximum atomic E-state index is 13.2. The van der Waals surface area contributed by atoms with Crippen molar-refractivity contribution >= 4 is 34.1 Å². The fourth-order valence-corrected chi connectivity index (χ4v) is 4.92. The zero-order valence-electron chi connectivity index (χ0n) is 19.7. The van der Waals surface area contributed by atoms with Gasteiger partial charge in [-0.1, -0.05) is 0 Å². The molecule has 0 aromatic carbocycles. The average Bonchev–Trinajstić information content (AvgIpc) is 3.38. The van der Waals surface area contributed by atoms with E-state index in [1.165, 1.54) is 12.8 Å². The highest BCUT2D eigenvalue weighted by Crippen LogP contribution is 2.30. The van der Waals surface area contributed by atoms with E-state index in [2.05, 4.69) is 30.6 Å². The maximum Gasteiger partial charge on any atom is 0.260 e. The Kier molecular flexibility index (Phi) is 4.98. The highest BCUT2D eigenvalue weighted by atomic mass is 16.1. The zero-order chi connectivity index (χ0) is 23.4. The van der Waals surface area contributed by atoms with Crippen molar-refractivity contribution in [2.45, 2.75) is 51.6 Å². The number of anilines is 2. The zero-order valence-corrected chi connectivity index (χ0v) is 19.7. The standard InChI is InChI=1S/C24H29N9O/c1-14-11-33-13-20(28-22(33)15(2)26-14)29-24(34)18-10-25-23(19-12-31(3)30-21(18)19)32-8-6-17(7-9-32)27-16-4-5-16/h10-13,16-17,27H,4-9H2,1-3H3,(H,29,34). The Morgan fingerprint density at radius 3 is 2.56 bits per heavy atom. The molecule has 1 amide bonds. The molecule has 4 aromatic heterocycles. The van der Waals surface area contributed by atoms with Crippen molar-refractivity contribution in [1.82, 2.24) is 34.4 Å². The first-order chi connectivity index (χ1) is 16.4. The van der Waals surface area contributed by atoms with Gasteiger partial charge in [0.15, 0.2) is 11.5 Å². The van der Waals surface area contributed by atoms with Gasteiger partial charge in [0.25, 0.3) is 5.91 Å². The quantitative estimate of drug-likeness (QED) is 0.473. The number of pyridine rings is 1. The van der Waals surface area contributed by atoms with Crippen LogP contribution < -0.4 is 15.5 Å². The van der Waals surface area contributed by atoms with Gasteiger partial charge in [0.1, 0.15) is 11.3 Å². The number of aromatic nitrogens is 6. The average molecular weight is 460 g/mol. The third kappa shape index (κ3) is 3.87. The lowest BCUT2D eigenvalue weighted by molar-refractivity contribution is 0.102. The van der Waals surface area contributed by atoms with Gasteiger partial charge in [0.2, 0.25) is 0 Å². The van der Waals surface area contributed by atoms with Gasteiger partial charge in [-0.2, -0.15) is 5.10 Å². The summed E-state index contributed by atoms with van der Waals surface area (Å²) in [6, 6.07) is 1.32. The molecule has 1 saturated carbocycles. The molecule has 1 aliphatic heterocycles. The van der Waals surface area contributed by atoms with Gasteiger partial charge in [-0.3, -0.25) is 14.5 Å². The summed E-state index contributed by atoms with van der Waals surface area (Å²) in [6.45, 7) is 5.73. The van der Waals surface area contributed by atoms with Crippen LogP contribution in [0.1, 0.15) is 47.4 Å². The second kappa shape index (κ2) is 8.05. The van der Waals surface area contributed by atoms with Gasteiger partial charge < -0.3 is 19.9 Å². The minimum Gasteiger partial charge on any atom is -0.356 e. The first-order valence-corrected chi connectivity index (χ1v) is 11.9. The number of imidazole rings is 1. The number of rotatable bonds is 5. The molecule has 2 aliphatic rings. The van der Waals surface area contributed by atoms with Gasteiger partial charge in [0, 0.05) is 50.8 Å². The third-order valence-corrected chi connectivity index (χ3v) is 6.70. The van der Waals surface area contributed by atoms with Crippen LogP contribution in [0.3, 0.4) is 0 Å². The number of nitrogens with one attached hydrogen (secondary N) is 2. The first-order valence-electron chi connectivity index (χ1n) is 11.9. The summed E-state index contributed by atoms with van der Waals surface area (Å²) in [7, 11) is 1.87. The minimum absolute atomic E-state index is 0.277. The summed E-state index contributed by atoms with van der Waals surface area (Å²) in [5.41, 5.74) is 3.52. The van der Waals surface area contributed by atoms with Crippen molar-refractivity contribution in [3.63, 3.8) is 0 Å². The van der Waals surface area contributed by atoms with E-state index in [4.69, 9.17) is 4.98 Å². The Morgan fingerprint density at radius 1 is 1.03 bits per heavy atom. The van der Waals surface area contributed by atoms with E-state index in [1.54, 1.807) is 17.1 Å². The van der Waals surface area contributed by atoms with Crippen molar-refractivity contribution in [1.29, 1.82) is 0 Å². The van der Waals surface area contributed by atoms with Gasteiger partial charge in [-0.05, 0) is 39.5 Å². The Bertz CT molecular complexity index is 1390. The van der Waals surface area contributed by atoms with Crippen molar-refractivity contribution < 1.29 is 4.79 Å². The SMILES string of the molecule is Cc1cn2cc(NC(=O)c3cnc(N4CCC(NC5CC5)CC4)c4cn(C)nc34)nc2c(C)n1. The maximum absolute atomic E-state index is 13.2. The summed E-state index contributed by atoms with van der Waals surface area (Å²) < 4.78 is 3.63.